The van der Waals surface area contributed by atoms with Gasteiger partial charge in [0.05, 0.1) is 0 Å². The van der Waals surface area contributed by atoms with Crippen molar-refractivity contribution >= 4 is 11.8 Å². The quantitative estimate of drug-likeness (QED) is 0.758. The Labute approximate surface area is 133 Å². The Morgan fingerprint density at radius 1 is 1.23 bits per heavy atom. The molecule has 0 aromatic heterocycles. The van der Waals surface area contributed by atoms with Gasteiger partial charge in [0.25, 0.3) is 0 Å². The Morgan fingerprint density at radius 3 is 2.82 bits per heavy atom. The number of carbonyl (C=O) groups is 2. The average molecular weight is 310 g/mol. The summed E-state index contributed by atoms with van der Waals surface area (Å²) >= 11 is 0. The molecule has 0 aromatic carbocycles. The van der Waals surface area contributed by atoms with E-state index in [1.54, 1.807) is 0 Å². The summed E-state index contributed by atoms with van der Waals surface area (Å²) in [6, 6.07) is 0.395. The maximum absolute atomic E-state index is 12.0. The highest BCUT2D eigenvalue weighted by molar-refractivity contribution is 5.77. The van der Waals surface area contributed by atoms with Crippen LogP contribution in [0.1, 0.15) is 32.1 Å². The van der Waals surface area contributed by atoms with E-state index in [0.29, 0.717) is 25.4 Å². The van der Waals surface area contributed by atoms with Crippen LogP contribution in [-0.2, 0) is 9.59 Å². The fourth-order valence-corrected chi connectivity index (χ4v) is 3.17. The molecule has 0 spiro atoms. The van der Waals surface area contributed by atoms with Crippen molar-refractivity contribution in [3.05, 3.63) is 0 Å². The molecule has 6 nitrogen and oxygen atoms in total. The third-order valence-corrected chi connectivity index (χ3v) is 4.77. The monoisotopic (exact) mass is 310 g/mol. The van der Waals surface area contributed by atoms with E-state index in [4.69, 9.17) is 0 Å². The molecule has 2 saturated heterocycles. The molecule has 0 unspecified atom stereocenters. The van der Waals surface area contributed by atoms with Crippen LogP contribution in [0, 0.1) is 0 Å². The molecule has 6 heteroatoms. The number of rotatable bonds is 6. The Morgan fingerprint density at radius 2 is 2.05 bits per heavy atom. The van der Waals surface area contributed by atoms with Crippen molar-refractivity contribution in [2.24, 2.45) is 0 Å². The molecule has 1 N–H and O–H groups in total. The van der Waals surface area contributed by atoms with Crippen molar-refractivity contribution in [1.82, 2.24) is 20.0 Å². The highest BCUT2D eigenvalue weighted by Gasteiger charge is 2.22. The number of nitrogens with one attached hydrogen (secondary N) is 1. The van der Waals surface area contributed by atoms with Gasteiger partial charge in [0, 0.05) is 58.2 Å². The van der Waals surface area contributed by atoms with Gasteiger partial charge in [-0.3, -0.25) is 14.5 Å². The summed E-state index contributed by atoms with van der Waals surface area (Å²) in [4.78, 5) is 30.2. The molecule has 2 fully saturated rings. The predicted molar refractivity (Wildman–Crippen MR) is 86.6 cm³/mol. The summed E-state index contributed by atoms with van der Waals surface area (Å²) in [6.07, 6.45) is 4.06. The maximum atomic E-state index is 12.0. The topological polar surface area (TPSA) is 55.9 Å². The first kappa shape index (κ1) is 17.2. The number of carbonyl (C=O) groups excluding carboxylic acids is 2. The lowest BCUT2D eigenvalue weighted by Crippen LogP contribution is -2.54. The molecule has 2 heterocycles. The van der Waals surface area contributed by atoms with E-state index in [1.807, 2.05) is 4.90 Å². The van der Waals surface area contributed by atoms with Gasteiger partial charge in [0.15, 0.2) is 0 Å². The van der Waals surface area contributed by atoms with Gasteiger partial charge in [-0.15, -0.1) is 0 Å². The lowest BCUT2D eigenvalue weighted by molar-refractivity contribution is -0.133. The van der Waals surface area contributed by atoms with Gasteiger partial charge >= 0.3 is 0 Å². The number of nitrogens with zero attached hydrogens (tertiary/aromatic N) is 3. The van der Waals surface area contributed by atoms with E-state index < -0.39 is 0 Å². The van der Waals surface area contributed by atoms with E-state index in [0.717, 1.165) is 52.0 Å². The van der Waals surface area contributed by atoms with Crippen LogP contribution in [0.5, 0.6) is 0 Å². The molecule has 2 aliphatic rings. The van der Waals surface area contributed by atoms with E-state index >= 15 is 0 Å². The summed E-state index contributed by atoms with van der Waals surface area (Å²) in [7, 11) is 4.24. The summed E-state index contributed by atoms with van der Waals surface area (Å²) in [5.74, 6) is 0.351. The predicted octanol–water partition coefficient (Wildman–Crippen LogP) is 0.141. The molecule has 2 rings (SSSR count). The minimum atomic E-state index is 0.103. The summed E-state index contributed by atoms with van der Waals surface area (Å²) in [5, 5.41) is 3.04. The van der Waals surface area contributed by atoms with Gasteiger partial charge in [-0.25, -0.2) is 0 Å². The van der Waals surface area contributed by atoms with E-state index in [2.05, 4.69) is 29.2 Å². The zero-order valence-electron chi connectivity index (χ0n) is 14.0. The third kappa shape index (κ3) is 5.25. The summed E-state index contributed by atoms with van der Waals surface area (Å²) in [6.45, 7) is 5.43. The number of likely N-dealkylation sites (N-methyl/N-ethyl adjacent to an activating group) is 2. The number of piperidine rings is 1. The van der Waals surface area contributed by atoms with Crippen LogP contribution in [0.3, 0.4) is 0 Å². The first-order valence-corrected chi connectivity index (χ1v) is 8.49. The Kier molecular flexibility index (Phi) is 6.64. The van der Waals surface area contributed by atoms with E-state index in [-0.39, 0.29) is 11.8 Å². The SMILES string of the molecule is CN1CCN(C)[C@H](CNC(=O)CCCN2CCCCC2=O)C1. The summed E-state index contributed by atoms with van der Waals surface area (Å²) in [5.41, 5.74) is 0. The minimum absolute atomic E-state index is 0.103. The first-order chi connectivity index (χ1) is 10.6. The third-order valence-electron chi connectivity index (χ3n) is 4.77. The zero-order chi connectivity index (χ0) is 15.9. The lowest BCUT2D eigenvalue weighted by atomic mass is 10.1. The van der Waals surface area contributed by atoms with Crippen molar-refractivity contribution in [2.75, 3.05) is 53.4 Å². The number of hydrogen-bond donors (Lipinski definition) is 1. The molecule has 0 bridgehead atoms. The fraction of sp³-hybridized carbons (Fsp3) is 0.875. The second-order valence-corrected chi connectivity index (χ2v) is 6.64. The van der Waals surface area contributed by atoms with Gasteiger partial charge in [-0.05, 0) is 33.4 Å². The average Bonchev–Trinajstić information content (AvgIpc) is 2.50. The van der Waals surface area contributed by atoms with Crippen LogP contribution >= 0.6 is 0 Å². The second kappa shape index (κ2) is 8.48. The fourth-order valence-electron chi connectivity index (χ4n) is 3.17. The van der Waals surface area contributed by atoms with Crippen molar-refractivity contribution in [3.8, 4) is 0 Å². The molecular weight excluding hydrogens is 280 g/mol. The van der Waals surface area contributed by atoms with Gasteiger partial charge in [-0.1, -0.05) is 0 Å². The van der Waals surface area contributed by atoms with Crippen molar-refractivity contribution in [3.63, 3.8) is 0 Å². The number of hydrogen-bond acceptors (Lipinski definition) is 4. The molecular formula is C16H30N4O2. The van der Waals surface area contributed by atoms with Crippen LogP contribution in [0.4, 0.5) is 0 Å². The Hall–Kier alpha value is -1.14. The normalized spacial score (nSPS) is 24.5. The number of likely N-dealkylation sites (tertiary alicyclic amines) is 1. The smallest absolute Gasteiger partial charge is 0.222 e. The molecule has 22 heavy (non-hydrogen) atoms. The highest BCUT2D eigenvalue weighted by atomic mass is 16.2. The molecule has 0 radical (unpaired) electrons. The van der Waals surface area contributed by atoms with Gasteiger partial charge < -0.3 is 15.1 Å². The van der Waals surface area contributed by atoms with Gasteiger partial charge in [0.2, 0.25) is 11.8 Å². The van der Waals surface area contributed by atoms with Gasteiger partial charge in [-0.2, -0.15) is 0 Å². The first-order valence-electron chi connectivity index (χ1n) is 8.49. The molecule has 2 aliphatic heterocycles. The standard InChI is InChI=1S/C16H30N4O2/c1-18-10-11-19(2)14(13-18)12-17-15(21)6-5-9-20-8-4-3-7-16(20)22/h14H,3-13H2,1-2H3,(H,17,21)/t14-/m1/s1. The van der Waals surface area contributed by atoms with Crippen molar-refractivity contribution in [2.45, 2.75) is 38.1 Å². The van der Waals surface area contributed by atoms with E-state index in [9.17, 15) is 9.59 Å². The molecule has 2 amide bonds. The lowest BCUT2D eigenvalue weighted by Gasteiger charge is -2.37. The molecule has 0 aliphatic carbocycles. The number of amides is 2. The van der Waals surface area contributed by atoms with Crippen molar-refractivity contribution in [1.29, 1.82) is 0 Å². The second-order valence-electron chi connectivity index (χ2n) is 6.64. The van der Waals surface area contributed by atoms with E-state index in [1.165, 1.54) is 0 Å². The molecule has 126 valence electrons. The highest BCUT2D eigenvalue weighted by Crippen LogP contribution is 2.11. The maximum Gasteiger partial charge on any atom is 0.222 e. The Balaban J connectivity index is 1.60. The van der Waals surface area contributed by atoms with Crippen LogP contribution in [0.15, 0.2) is 0 Å². The van der Waals surface area contributed by atoms with Crippen LogP contribution < -0.4 is 5.32 Å². The van der Waals surface area contributed by atoms with Crippen molar-refractivity contribution < 1.29 is 9.59 Å². The van der Waals surface area contributed by atoms with Crippen LogP contribution in [0.2, 0.25) is 0 Å². The van der Waals surface area contributed by atoms with Crippen LogP contribution in [0.25, 0.3) is 0 Å². The Bertz CT molecular complexity index is 388. The van der Waals surface area contributed by atoms with Gasteiger partial charge in [0.1, 0.15) is 0 Å². The minimum Gasteiger partial charge on any atom is -0.354 e. The molecule has 0 aromatic rings. The molecule has 0 saturated carbocycles. The molecule has 1 atom stereocenters. The summed E-state index contributed by atoms with van der Waals surface area (Å²) < 4.78 is 0. The van der Waals surface area contributed by atoms with Crippen LogP contribution in [-0.4, -0.2) is 85.9 Å². The zero-order valence-corrected chi connectivity index (χ0v) is 14.0. The number of piperazine rings is 1. The largest absolute Gasteiger partial charge is 0.354 e.